The molecular weight excluding hydrogens is 274 g/mol. The van der Waals surface area contributed by atoms with Crippen LogP contribution in [-0.2, 0) is 0 Å². The van der Waals surface area contributed by atoms with E-state index in [1.807, 2.05) is 0 Å². The SMILES string of the molecule is CC1=C(C)NCC=C1.Cc1cnc(/C(Cl)=C\N)c(N)n1. The second-order valence-electron chi connectivity index (χ2n) is 4.35. The van der Waals surface area contributed by atoms with Crippen molar-refractivity contribution in [2.24, 2.45) is 5.73 Å². The van der Waals surface area contributed by atoms with E-state index in [9.17, 15) is 0 Å². The van der Waals surface area contributed by atoms with Gasteiger partial charge in [0.2, 0.25) is 0 Å². The van der Waals surface area contributed by atoms with E-state index in [1.165, 1.54) is 17.5 Å². The zero-order valence-corrected chi connectivity index (χ0v) is 12.7. The Bertz CT molecular complexity index is 561. The number of anilines is 1. The summed E-state index contributed by atoms with van der Waals surface area (Å²) >= 11 is 5.70. The van der Waals surface area contributed by atoms with Gasteiger partial charge in [-0.25, -0.2) is 9.97 Å². The van der Waals surface area contributed by atoms with Crippen LogP contribution in [0, 0.1) is 6.92 Å². The number of allylic oxidation sites excluding steroid dienone is 3. The summed E-state index contributed by atoms with van der Waals surface area (Å²) in [6.45, 7) is 6.99. The average Bonchev–Trinajstić information content (AvgIpc) is 2.42. The lowest BCUT2D eigenvalue weighted by molar-refractivity contribution is 0.872. The molecule has 0 unspecified atom stereocenters. The van der Waals surface area contributed by atoms with E-state index >= 15 is 0 Å². The number of aromatic nitrogens is 2. The van der Waals surface area contributed by atoms with Crippen LogP contribution in [0.2, 0.25) is 0 Å². The maximum atomic E-state index is 5.70. The number of nitrogens with one attached hydrogen (secondary N) is 1. The standard InChI is InChI=1S/C7H9ClN4.C7H11N/c1-4-3-11-6(5(8)2-9)7(10)12-4;1-6-4-3-5-8-7(6)2/h2-3H,9H2,1H3,(H2,10,12);3-4,8H,5H2,1-2H3/b5-2+;. The third-order valence-electron chi connectivity index (χ3n) is 2.74. The molecule has 2 rings (SSSR count). The molecule has 0 radical (unpaired) electrons. The minimum atomic E-state index is 0.293. The number of hydrogen-bond acceptors (Lipinski definition) is 5. The molecule has 0 atom stereocenters. The molecule has 0 saturated heterocycles. The molecule has 1 aliphatic heterocycles. The van der Waals surface area contributed by atoms with Crippen molar-refractivity contribution in [3.8, 4) is 0 Å². The predicted octanol–water partition coefficient (Wildman–Crippen LogP) is 2.30. The average molecular weight is 294 g/mol. The number of aryl methyl sites for hydroxylation is 1. The Balaban J connectivity index is 0.000000217. The first-order chi connectivity index (χ1) is 9.45. The van der Waals surface area contributed by atoms with Gasteiger partial charge in [0.15, 0.2) is 5.82 Å². The third-order valence-corrected chi connectivity index (χ3v) is 3.04. The zero-order chi connectivity index (χ0) is 15.1. The Morgan fingerprint density at radius 3 is 2.55 bits per heavy atom. The van der Waals surface area contributed by atoms with Crippen LogP contribution in [0.25, 0.3) is 5.03 Å². The van der Waals surface area contributed by atoms with Crippen LogP contribution in [0.1, 0.15) is 25.2 Å². The number of halogens is 1. The molecule has 0 fully saturated rings. The van der Waals surface area contributed by atoms with Crippen molar-refractivity contribution in [3.63, 3.8) is 0 Å². The Morgan fingerprint density at radius 1 is 1.40 bits per heavy atom. The van der Waals surface area contributed by atoms with Crippen molar-refractivity contribution in [3.05, 3.63) is 47.2 Å². The first-order valence-electron chi connectivity index (χ1n) is 6.20. The van der Waals surface area contributed by atoms with Crippen LogP contribution < -0.4 is 16.8 Å². The lowest BCUT2D eigenvalue weighted by Gasteiger charge is -2.09. The Hall–Kier alpha value is -2.01. The summed E-state index contributed by atoms with van der Waals surface area (Å²) in [7, 11) is 0. The van der Waals surface area contributed by atoms with Gasteiger partial charge in [-0.1, -0.05) is 23.8 Å². The van der Waals surface area contributed by atoms with Crippen molar-refractivity contribution in [2.75, 3.05) is 12.3 Å². The van der Waals surface area contributed by atoms with Gasteiger partial charge < -0.3 is 16.8 Å². The minimum Gasteiger partial charge on any atom is -0.403 e. The minimum absolute atomic E-state index is 0.293. The molecule has 6 heteroatoms. The van der Waals surface area contributed by atoms with E-state index in [4.69, 9.17) is 23.1 Å². The topological polar surface area (TPSA) is 89.8 Å². The predicted molar refractivity (Wildman–Crippen MR) is 84.7 cm³/mol. The summed E-state index contributed by atoms with van der Waals surface area (Å²) in [6, 6.07) is 0. The lowest BCUT2D eigenvalue weighted by Crippen LogP contribution is -2.14. The molecule has 5 nitrogen and oxygen atoms in total. The molecule has 0 saturated carbocycles. The highest BCUT2D eigenvalue weighted by Crippen LogP contribution is 2.19. The highest BCUT2D eigenvalue weighted by molar-refractivity contribution is 6.48. The van der Waals surface area contributed by atoms with Crippen molar-refractivity contribution < 1.29 is 0 Å². The molecule has 1 aromatic rings. The molecular formula is C14H20ClN5. The maximum Gasteiger partial charge on any atom is 0.151 e. The van der Waals surface area contributed by atoms with Crippen molar-refractivity contribution >= 4 is 22.5 Å². The fourth-order valence-corrected chi connectivity index (χ4v) is 1.62. The molecule has 0 amide bonds. The summed E-state index contributed by atoms with van der Waals surface area (Å²) < 4.78 is 0. The first kappa shape index (κ1) is 16.0. The summed E-state index contributed by atoms with van der Waals surface area (Å²) in [4.78, 5) is 7.96. The Kier molecular flexibility index (Phi) is 6.06. The van der Waals surface area contributed by atoms with E-state index in [-0.39, 0.29) is 0 Å². The van der Waals surface area contributed by atoms with Gasteiger partial charge in [0.1, 0.15) is 5.69 Å². The molecule has 0 spiro atoms. The van der Waals surface area contributed by atoms with Crippen LogP contribution in [0.5, 0.6) is 0 Å². The highest BCUT2D eigenvalue weighted by atomic mass is 35.5. The largest absolute Gasteiger partial charge is 0.403 e. The van der Waals surface area contributed by atoms with E-state index < -0.39 is 0 Å². The number of nitrogens with two attached hydrogens (primary N) is 2. The van der Waals surface area contributed by atoms with Crippen LogP contribution in [0.15, 0.2) is 35.8 Å². The van der Waals surface area contributed by atoms with E-state index in [0.717, 1.165) is 12.2 Å². The van der Waals surface area contributed by atoms with E-state index in [1.54, 1.807) is 13.1 Å². The fraction of sp³-hybridized carbons (Fsp3) is 0.286. The van der Waals surface area contributed by atoms with Gasteiger partial charge in [0.25, 0.3) is 0 Å². The second-order valence-corrected chi connectivity index (χ2v) is 4.76. The summed E-state index contributed by atoms with van der Waals surface area (Å²) in [5, 5.41) is 3.53. The monoisotopic (exact) mass is 293 g/mol. The summed E-state index contributed by atoms with van der Waals surface area (Å²) in [5.41, 5.74) is 14.5. The second kappa shape index (κ2) is 7.55. The molecule has 1 aliphatic rings. The number of dihydropyridines is 1. The quantitative estimate of drug-likeness (QED) is 0.739. The van der Waals surface area contributed by atoms with Gasteiger partial charge in [0.05, 0.1) is 10.7 Å². The molecule has 108 valence electrons. The number of nitrogen functional groups attached to an aromatic ring is 1. The summed E-state index contributed by atoms with van der Waals surface area (Å²) in [6.07, 6.45) is 7.09. The molecule has 1 aromatic heterocycles. The van der Waals surface area contributed by atoms with Gasteiger partial charge in [-0.05, 0) is 26.3 Å². The molecule has 5 N–H and O–H groups in total. The molecule has 20 heavy (non-hydrogen) atoms. The Labute approximate surface area is 124 Å². The van der Waals surface area contributed by atoms with Crippen LogP contribution >= 0.6 is 11.6 Å². The van der Waals surface area contributed by atoms with Gasteiger partial charge >= 0.3 is 0 Å². The molecule has 0 aliphatic carbocycles. The normalized spacial score (nSPS) is 14.5. The molecule has 0 bridgehead atoms. The molecule has 2 heterocycles. The molecule has 0 aromatic carbocycles. The van der Waals surface area contributed by atoms with Gasteiger partial charge in [0, 0.05) is 24.6 Å². The highest BCUT2D eigenvalue weighted by Gasteiger charge is 2.05. The van der Waals surface area contributed by atoms with Gasteiger partial charge in [-0.2, -0.15) is 0 Å². The maximum absolute atomic E-state index is 5.70. The van der Waals surface area contributed by atoms with Crippen molar-refractivity contribution in [1.29, 1.82) is 0 Å². The van der Waals surface area contributed by atoms with Crippen LogP contribution in [-0.4, -0.2) is 16.5 Å². The van der Waals surface area contributed by atoms with Gasteiger partial charge in [-0.3, -0.25) is 0 Å². The Morgan fingerprint density at radius 2 is 2.10 bits per heavy atom. The number of nitrogens with zero attached hydrogens (tertiary/aromatic N) is 2. The third kappa shape index (κ3) is 4.59. The smallest absolute Gasteiger partial charge is 0.151 e. The number of hydrogen-bond donors (Lipinski definition) is 3. The van der Waals surface area contributed by atoms with Crippen molar-refractivity contribution in [2.45, 2.75) is 20.8 Å². The van der Waals surface area contributed by atoms with E-state index in [2.05, 4.69) is 41.3 Å². The summed E-state index contributed by atoms with van der Waals surface area (Å²) in [5.74, 6) is 0.293. The lowest BCUT2D eigenvalue weighted by atomic mass is 10.2. The van der Waals surface area contributed by atoms with Crippen LogP contribution in [0.3, 0.4) is 0 Å². The van der Waals surface area contributed by atoms with Gasteiger partial charge in [-0.15, -0.1) is 0 Å². The van der Waals surface area contributed by atoms with E-state index in [0.29, 0.717) is 16.5 Å². The van der Waals surface area contributed by atoms with Crippen LogP contribution in [0.4, 0.5) is 5.82 Å². The fourth-order valence-electron chi connectivity index (χ4n) is 1.47. The van der Waals surface area contributed by atoms with Crippen molar-refractivity contribution in [1.82, 2.24) is 15.3 Å². The zero-order valence-electron chi connectivity index (χ0n) is 11.9. The first-order valence-corrected chi connectivity index (χ1v) is 6.58. The number of rotatable bonds is 1.